The van der Waals surface area contributed by atoms with Gasteiger partial charge in [0.15, 0.2) is 0 Å². The molecule has 1 aromatic carbocycles. The van der Waals surface area contributed by atoms with Gasteiger partial charge in [0.05, 0.1) is 30.5 Å². The number of benzene rings is 1. The number of nitrogens with zero attached hydrogens (tertiary/aromatic N) is 1. The topological polar surface area (TPSA) is 63.7 Å². The van der Waals surface area contributed by atoms with Gasteiger partial charge in [-0.25, -0.2) is 0 Å². The molecule has 1 aliphatic rings. The van der Waals surface area contributed by atoms with Crippen LogP contribution in [0.4, 0.5) is 0 Å². The van der Waals surface area contributed by atoms with Crippen LogP contribution in [0.15, 0.2) is 24.3 Å². The summed E-state index contributed by atoms with van der Waals surface area (Å²) in [6.07, 6.45) is 0.254. The molecule has 2 amide bonds. The van der Waals surface area contributed by atoms with E-state index in [1.165, 1.54) is 23.8 Å². The maximum Gasteiger partial charge on any atom is 0.306 e. The summed E-state index contributed by atoms with van der Waals surface area (Å²) >= 11 is 1.38. The second kappa shape index (κ2) is 6.09. The van der Waals surface area contributed by atoms with Crippen LogP contribution < -0.4 is 0 Å². The lowest BCUT2D eigenvalue weighted by Crippen LogP contribution is -2.30. The minimum Gasteiger partial charge on any atom is -0.469 e. The Kier molecular flexibility index (Phi) is 4.44. The average molecular weight is 293 g/mol. The van der Waals surface area contributed by atoms with Gasteiger partial charge in [0.2, 0.25) is 0 Å². The van der Waals surface area contributed by atoms with Gasteiger partial charge in [-0.1, -0.05) is 19.1 Å². The molecule has 20 heavy (non-hydrogen) atoms. The summed E-state index contributed by atoms with van der Waals surface area (Å²) in [5.74, 6) is -0.607. The summed E-state index contributed by atoms with van der Waals surface area (Å²) in [5.41, 5.74) is 0.887. The van der Waals surface area contributed by atoms with E-state index in [0.29, 0.717) is 11.1 Å². The molecule has 0 radical (unpaired) electrons. The number of thioether (sulfide) groups is 1. The van der Waals surface area contributed by atoms with E-state index in [0.717, 1.165) is 0 Å². The third-order valence-electron chi connectivity index (χ3n) is 3.05. The smallest absolute Gasteiger partial charge is 0.306 e. The first kappa shape index (κ1) is 14.6. The SMILES string of the molecule is COC(=O)CC(C)SCN1C(=O)c2ccccc2C1=O. The maximum atomic E-state index is 12.1. The van der Waals surface area contributed by atoms with Crippen molar-refractivity contribution < 1.29 is 19.1 Å². The highest BCUT2D eigenvalue weighted by Gasteiger charge is 2.35. The van der Waals surface area contributed by atoms with Crippen LogP contribution in [0.2, 0.25) is 0 Å². The monoisotopic (exact) mass is 293 g/mol. The summed E-state index contributed by atoms with van der Waals surface area (Å²) in [6.45, 7) is 1.86. The number of hydrogen-bond acceptors (Lipinski definition) is 5. The van der Waals surface area contributed by atoms with E-state index in [4.69, 9.17) is 0 Å². The number of esters is 1. The lowest BCUT2D eigenvalue weighted by Gasteiger charge is -2.16. The van der Waals surface area contributed by atoms with Gasteiger partial charge in [-0.3, -0.25) is 19.3 Å². The molecule has 106 valence electrons. The van der Waals surface area contributed by atoms with Crippen molar-refractivity contribution in [2.75, 3.05) is 13.0 Å². The Labute approximate surface area is 121 Å². The number of hydrogen-bond donors (Lipinski definition) is 0. The first-order chi connectivity index (χ1) is 9.54. The van der Waals surface area contributed by atoms with Gasteiger partial charge in [-0.2, -0.15) is 0 Å². The highest BCUT2D eigenvalue weighted by Crippen LogP contribution is 2.26. The van der Waals surface area contributed by atoms with E-state index in [1.807, 2.05) is 6.92 Å². The van der Waals surface area contributed by atoms with Crippen LogP contribution in [0.5, 0.6) is 0 Å². The van der Waals surface area contributed by atoms with E-state index < -0.39 is 0 Å². The van der Waals surface area contributed by atoms with Crippen molar-refractivity contribution in [1.29, 1.82) is 0 Å². The molecule has 0 N–H and O–H groups in total. The zero-order valence-electron chi connectivity index (χ0n) is 11.3. The first-order valence-corrected chi connectivity index (χ1v) is 7.23. The molecule has 1 aromatic rings. The summed E-state index contributed by atoms with van der Waals surface area (Å²) in [4.78, 5) is 36.6. The van der Waals surface area contributed by atoms with Crippen LogP contribution in [0.3, 0.4) is 0 Å². The molecule has 0 fully saturated rings. The quantitative estimate of drug-likeness (QED) is 0.613. The fourth-order valence-electron chi connectivity index (χ4n) is 1.94. The molecule has 1 heterocycles. The van der Waals surface area contributed by atoms with Gasteiger partial charge >= 0.3 is 5.97 Å². The van der Waals surface area contributed by atoms with Crippen molar-refractivity contribution in [3.63, 3.8) is 0 Å². The van der Waals surface area contributed by atoms with Crippen molar-refractivity contribution in [3.8, 4) is 0 Å². The lowest BCUT2D eigenvalue weighted by atomic mass is 10.1. The summed E-state index contributed by atoms with van der Waals surface area (Å²) < 4.78 is 4.59. The maximum absolute atomic E-state index is 12.1. The van der Waals surface area contributed by atoms with Gasteiger partial charge < -0.3 is 4.74 Å². The molecule has 0 aromatic heterocycles. The second-order valence-corrected chi connectivity index (χ2v) is 5.87. The Bertz CT molecular complexity index is 523. The largest absolute Gasteiger partial charge is 0.469 e. The Hall–Kier alpha value is -1.82. The standard InChI is InChI=1S/C14H15NO4S/c1-9(7-12(16)19-2)20-8-15-13(17)10-5-3-4-6-11(10)14(15)18/h3-6,9H,7-8H2,1-2H3. The molecule has 2 rings (SSSR count). The molecule has 0 bridgehead atoms. The zero-order chi connectivity index (χ0) is 14.7. The number of ether oxygens (including phenoxy) is 1. The number of amides is 2. The van der Waals surface area contributed by atoms with E-state index in [1.54, 1.807) is 24.3 Å². The normalized spacial score (nSPS) is 15.2. The molecular formula is C14H15NO4S. The highest BCUT2D eigenvalue weighted by molar-refractivity contribution is 7.99. The third-order valence-corrected chi connectivity index (χ3v) is 4.19. The summed E-state index contributed by atoms with van der Waals surface area (Å²) in [7, 11) is 1.34. The van der Waals surface area contributed by atoms with Gasteiger partial charge in [-0.05, 0) is 12.1 Å². The van der Waals surface area contributed by atoms with Crippen LogP contribution in [-0.4, -0.2) is 40.9 Å². The summed E-state index contributed by atoms with van der Waals surface area (Å²) in [6, 6.07) is 6.78. The number of rotatable bonds is 5. The zero-order valence-corrected chi connectivity index (χ0v) is 12.1. The van der Waals surface area contributed by atoms with Gasteiger partial charge in [0.1, 0.15) is 0 Å². The molecular weight excluding hydrogens is 278 g/mol. The van der Waals surface area contributed by atoms with Gasteiger partial charge in [0, 0.05) is 5.25 Å². The third kappa shape index (κ3) is 2.85. The van der Waals surface area contributed by atoms with E-state index >= 15 is 0 Å². The van der Waals surface area contributed by atoms with Crippen LogP contribution in [0.25, 0.3) is 0 Å². The van der Waals surface area contributed by atoms with Gasteiger partial charge in [0.25, 0.3) is 11.8 Å². The summed E-state index contributed by atoms with van der Waals surface area (Å²) in [5, 5.41) is -0.0215. The van der Waals surface area contributed by atoms with Crippen molar-refractivity contribution in [2.45, 2.75) is 18.6 Å². The predicted molar refractivity (Wildman–Crippen MR) is 75.5 cm³/mol. The molecule has 0 spiro atoms. The minimum atomic E-state index is -0.299. The van der Waals surface area contributed by atoms with Crippen LogP contribution in [-0.2, 0) is 9.53 Å². The average Bonchev–Trinajstić information content (AvgIpc) is 2.69. The van der Waals surface area contributed by atoms with Gasteiger partial charge in [-0.15, -0.1) is 11.8 Å². The number of carbonyl (C=O) groups is 3. The predicted octanol–water partition coefficient (Wildman–Crippen LogP) is 1.92. The molecule has 6 heteroatoms. The molecule has 1 unspecified atom stereocenters. The highest BCUT2D eigenvalue weighted by atomic mass is 32.2. The van der Waals surface area contributed by atoms with Crippen molar-refractivity contribution in [3.05, 3.63) is 35.4 Å². The number of carbonyl (C=O) groups excluding carboxylic acids is 3. The minimum absolute atomic E-state index is 0.0215. The molecule has 0 saturated carbocycles. The van der Waals surface area contributed by atoms with Crippen molar-refractivity contribution in [1.82, 2.24) is 4.90 Å². The van der Waals surface area contributed by atoms with Crippen LogP contribution >= 0.6 is 11.8 Å². The first-order valence-electron chi connectivity index (χ1n) is 6.18. The Morgan fingerprint density at radius 1 is 1.25 bits per heavy atom. The van der Waals surface area contributed by atoms with E-state index in [9.17, 15) is 14.4 Å². The molecule has 5 nitrogen and oxygen atoms in total. The Morgan fingerprint density at radius 3 is 2.30 bits per heavy atom. The van der Waals surface area contributed by atoms with E-state index in [2.05, 4.69) is 4.74 Å². The van der Waals surface area contributed by atoms with Crippen molar-refractivity contribution in [2.24, 2.45) is 0 Å². The molecule has 0 saturated heterocycles. The lowest BCUT2D eigenvalue weighted by molar-refractivity contribution is -0.140. The molecule has 0 aliphatic carbocycles. The van der Waals surface area contributed by atoms with Crippen LogP contribution in [0, 0.1) is 0 Å². The fourth-order valence-corrected chi connectivity index (χ4v) is 2.83. The van der Waals surface area contributed by atoms with Crippen molar-refractivity contribution >= 4 is 29.5 Å². The van der Waals surface area contributed by atoms with E-state index in [-0.39, 0.29) is 35.3 Å². The fraction of sp³-hybridized carbons (Fsp3) is 0.357. The Balaban J connectivity index is 1.97. The molecule has 1 atom stereocenters. The molecule has 1 aliphatic heterocycles. The Morgan fingerprint density at radius 2 is 1.80 bits per heavy atom. The van der Waals surface area contributed by atoms with Crippen LogP contribution in [0.1, 0.15) is 34.1 Å². The number of fused-ring (bicyclic) bond motifs is 1. The number of methoxy groups -OCH3 is 1. The number of imide groups is 1. The second-order valence-electron chi connectivity index (χ2n) is 4.47.